The smallest absolute Gasteiger partial charge is 0.328 e. The average Bonchev–Trinajstić information content (AvgIpc) is 2.26. The Balaban J connectivity index is 2.92. The number of ketones is 1. The van der Waals surface area contributed by atoms with Crippen molar-refractivity contribution in [2.75, 3.05) is 6.61 Å². The lowest BCUT2D eigenvalue weighted by Gasteiger charge is -2.05. The summed E-state index contributed by atoms with van der Waals surface area (Å²) < 4.78 is 5.84. The molecule has 0 bridgehead atoms. The van der Waals surface area contributed by atoms with Crippen molar-refractivity contribution < 1.29 is 19.4 Å². The van der Waals surface area contributed by atoms with Crippen molar-refractivity contribution in [3.05, 3.63) is 40.4 Å². The van der Waals surface area contributed by atoms with Crippen molar-refractivity contribution in [1.29, 1.82) is 0 Å². The van der Waals surface area contributed by atoms with Crippen molar-refractivity contribution in [1.82, 2.24) is 0 Å². The van der Waals surface area contributed by atoms with E-state index < -0.39 is 5.97 Å². The van der Waals surface area contributed by atoms with Crippen molar-refractivity contribution in [2.45, 2.75) is 6.92 Å². The number of carboxylic acids is 1. The number of carbonyl (C=O) groups is 2. The molecule has 0 amide bonds. The van der Waals surface area contributed by atoms with Crippen molar-refractivity contribution in [3.63, 3.8) is 0 Å². The molecule has 0 aromatic heterocycles. The molecule has 1 aromatic carbocycles. The van der Waals surface area contributed by atoms with Gasteiger partial charge in [0.15, 0.2) is 5.78 Å². The molecule has 0 aliphatic rings. The van der Waals surface area contributed by atoms with Gasteiger partial charge in [-0.2, -0.15) is 0 Å². The van der Waals surface area contributed by atoms with Crippen LogP contribution < -0.4 is 4.74 Å². The van der Waals surface area contributed by atoms with Gasteiger partial charge in [0.2, 0.25) is 0 Å². The fourth-order valence-electron chi connectivity index (χ4n) is 1.19. The highest BCUT2D eigenvalue weighted by Gasteiger charge is 2.08. The lowest BCUT2D eigenvalue weighted by atomic mass is 10.1. The molecule has 0 heterocycles. The van der Waals surface area contributed by atoms with Gasteiger partial charge in [0.25, 0.3) is 0 Å². The van der Waals surface area contributed by atoms with Crippen LogP contribution in [0.4, 0.5) is 0 Å². The van der Waals surface area contributed by atoms with Crippen LogP contribution in [0.2, 0.25) is 0 Å². The topological polar surface area (TPSA) is 63.6 Å². The van der Waals surface area contributed by atoms with Crippen LogP contribution in [-0.4, -0.2) is 23.5 Å². The Labute approximate surface area is 107 Å². The summed E-state index contributed by atoms with van der Waals surface area (Å²) in [6, 6.07) is 4.92. The monoisotopic (exact) mass is 298 g/mol. The van der Waals surface area contributed by atoms with Crippen LogP contribution in [0, 0.1) is 0 Å². The SMILES string of the molecule is CCOc1ccc(C(=O)C=CC(=O)O)c(Br)c1. The molecule has 5 heteroatoms. The summed E-state index contributed by atoms with van der Waals surface area (Å²) in [6.45, 7) is 2.40. The summed E-state index contributed by atoms with van der Waals surface area (Å²) in [5.41, 5.74) is 0.394. The first-order valence-corrected chi connectivity index (χ1v) is 5.71. The van der Waals surface area contributed by atoms with E-state index in [-0.39, 0.29) is 5.78 Å². The van der Waals surface area contributed by atoms with Gasteiger partial charge in [0, 0.05) is 16.1 Å². The standard InChI is InChI=1S/C12H11BrO4/c1-2-17-8-3-4-9(10(13)7-8)11(14)5-6-12(15)16/h3-7H,2H2,1H3,(H,15,16). The molecular weight excluding hydrogens is 288 g/mol. The summed E-state index contributed by atoms with van der Waals surface area (Å²) in [5, 5.41) is 8.42. The molecule has 0 spiro atoms. The summed E-state index contributed by atoms with van der Waals surface area (Å²) in [5.74, 6) is -0.874. The molecule has 17 heavy (non-hydrogen) atoms. The molecule has 1 aromatic rings. The minimum absolute atomic E-state index is 0.373. The first-order valence-electron chi connectivity index (χ1n) is 4.92. The van der Waals surface area contributed by atoms with Crippen LogP contribution in [0.25, 0.3) is 0 Å². The minimum Gasteiger partial charge on any atom is -0.494 e. The van der Waals surface area contributed by atoms with E-state index in [1.54, 1.807) is 18.2 Å². The Morgan fingerprint density at radius 3 is 2.65 bits per heavy atom. The van der Waals surface area contributed by atoms with Gasteiger partial charge in [0.05, 0.1) is 6.61 Å². The van der Waals surface area contributed by atoms with Gasteiger partial charge in [-0.1, -0.05) is 0 Å². The summed E-state index contributed by atoms with van der Waals surface area (Å²) >= 11 is 3.24. The fraction of sp³-hybridized carbons (Fsp3) is 0.167. The Morgan fingerprint density at radius 2 is 2.12 bits per heavy atom. The maximum absolute atomic E-state index is 11.6. The van der Waals surface area contributed by atoms with Crippen LogP contribution >= 0.6 is 15.9 Å². The molecule has 90 valence electrons. The van der Waals surface area contributed by atoms with Gasteiger partial charge >= 0.3 is 5.97 Å². The molecule has 0 fully saturated rings. The second-order valence-corrected chi connectivity index (χ2v) is 3.96. The number of hydrogen-bond donors (Lipinski definition) is 1. The Kier molecular flexibility index (Phi) is 4.90. The van der Waals surface area contributed by atoms with E-state index >= 15 is 0 Å². The van der Waals surface area contributed by atoms with Crippen LogP contribution in [-0.2, 0) is 4.79 Å². The fourth-order valence-corrected chi connectivity index (χ4v) is 1.74. The summed E-state index contributed by atoms with van der Waals surface area (Å²) in [7, 11) is 0. The normalized spacial score (nSPS) is 10.5. The molecule has 1 rings (SSSR count). The van der Waals surface area contributed by atoms with E-state index in [4.69, 9.17) is 9.84 Å². The van der Waals surface area contributed by atoms with Crippen molar-refractivity contribution >= 4 is 27.7 Å². The maximum Gasteiger partial charge on any atom is 0.328 e. The third kappa shape index (κ3) is 4.03. The van der Waals surface area contributed by atoms with E-state index in [9.17, 15) is 9.59 Å². The van der Waals surface area contributed by atoms with Gasteiger partial charge in [0.1, 0.15) is 5.75 Å². The lowest BCUT2D eigenvalue weighted by molar-refractivity contribution is -0.131. The van der Waals surface area contributed by atoms with Crippen LogP contribution in [0.5, 0.6) is 5.75 Å². The van der Waals surface area contributed by atoms with E-state index in [2.05, 4.69) is 15.9 Å². The number of carbonyl (C=O) groups excluding carboxylic acids is 1. The van der Waals surface area contributed by atoms with E-state index in [1.165, 1.54) is 0 Å². The van der Waals surface area contributed by atoms with Crippen molar-refractivity contribution in [2.24, 2.45) is 0 Å². The Hall–Kier alpha value is -1.62. The lowest BCUT2D eigenvalue weighted by Crippen LogP contribution is -1.99. The third-order valence-electron chi connectivity index (χ3n) is 1.89. The van der Waals surface area contributed by atoms with Crippen molar-refractivity contribution in [3.8, 4) is 5.75 Å². The highest BCUT2D eigenvalue weighted by molar-refractivity contribution is 9.10. The molecule has 0 unspecified atom stereocenters. The average molecular weight is 299 g/mol. The molecule has 4 nitrogen and oxygen atoms in total. The molecule has 0 aliphatic heterocycles. The second kappa shape index (κ2) is 6.20. The van der Waals surface area contributed by atoms with Gasteiger partial charge in [-0.3, -0.25) is 4.79 Å². The molecule has 0 saturated carbocycles. The highest BCUT2D eigenvalue weighted by Crippen LogP contribution is 2.23. The zero-order chi connectivity index (χ0) is 12.8. The zero-order valence-corrected chi connectivity index (χ0v) is 10.7. The molecule has 0 atom stereocenters. The quantitative estimate of drug-likeness (QED) is 0.670. The first kappa shape index (κ1) is 13.4. The highest BCUT2D eigenvalue weighted by atomic mass is 79.9. The summed E-state index contributed by atoms with van der Waals surface area (Å²) in [6.07, 6.45) is 1.83. The van der Waals surface area contributed by atoms with Gasteiger partial charge in [-0.05, 0) is 47.1 Å². The van der Waals surface area contributed by atoms with Gasteiger partial charge in [-0.15, -0.1) is 0 Å². The van der Waals surface area contributed by atoms with E-state index in [1.807, 2.05) is 6.92 Å². The molecule has 0 aliphatic carbocycles. The maximum atomic E-state index is 11.6. The second-order valence-electron chi connectivity index (χ2n) is 3.11. The predicted octanol–water partition coefficient (Wildman–Crippen LogP) is 2.67. The number of allylic oxidation sites excluding steroid dienone is 1. The van der Waals surface area contributed by atoms with Gasteiger partial charge < -0.3 is 9.84 Å². The van der Waals surface area contributed by atoms with E-state index in [0.29, 0.717) is 22.4 Å². The van der Waals surface area contributed by atoms with Crippen LogP contribution in [0.15, 0.2) is 34.8 Å². The minimum atomic E-state index is -1.15. The summed E-state index contributed by atoms with van der Waals surface area (Å²) in [4.78, 5) is 21.9. The number of rotatable bonds is 5. The molecule has 0 saturated heterocycles. The number of aliphatic carboxylic acids is 1. The Bertz CT molecular complexity index is 466. The van der Waals surface area contributed by atoms with Crippen LogP contribution in [0.1, 0.15) is 17.3 Å². The molecular formula is C12H11BrO4. The number of benzene rings is 1. The van der Waals surface area contributed by atoms with E-state index in [0.717, 1.165) is 12.2 Å². The Morgan fingerprint density at radius 1 is 1.41 bits per heavy atom. The van der Waals surface area contributed by atoms with Crippen LogP contribution in [0.3, 0.4) is 0 Å². The zero-order valence-electron chi connectivity index (χ0n) is 9.14. The number of carboxylic acid groups (broad SMARTS) is 1. The molecule has 1 N–H and O–H groups in total. The number of halogens is 1. The van der Waals surface area contributed by atoms with Gasteiger partial charge in [-0.25, -0.2) is 4.79 Å². The first-order chi connectivity index (χ1) is 8.04. The third-order valence-corrected chi connectivity index (χ3v) is 2.55. The molecule has 0 radical (unpaired) electrons. The number of ether oxygens (including phenoxy) is 1. The number of hydrogen-bond acceptors (Lipinski definition) is 3. The predicted molar refractivity (Wildman–Crippen MR) is 66.4 cm³/mol. The largest absolute Gasteiger partial charge is 0.494 e.